The zero-order valence-corrected chi connectivity index (χ0v) is 15.0. The molecule has 122 valence electrons. The quantitative estimate of drug-likeness (QED) is 0.684. The van der Waals surface area contributed by atoms with Crippen LogP contribution in [0.5, 0.6) is 0 Å². The number of carbonyl (C=O) groups excluding carboxylic acids is 1. The summed E-state index contributed by atoms with van der Waals surface area (Å²) in [6.45, 7) is 3.97. The molecule has 22 heavy (non-hydrogen) atoms. The third-order valence-corrected chi connectivity index (χ3v) is 6.93. The molecule has 2 unspecified atom stereocenters. The van der Waals surface area contributed by atoms with Crippen molar-refractivity contribution in [3.63, 3.8) is 0 Å². The molecule has 0 aliphatic heterocycles. The van der Waals surface area contributed by atoms with Gasteiger partial charge in [0.25, 0.3) is 0 Å². The summed E-state index contributed by atoms with van der Waals surface area (Å²) in [5.74, 6) is -0.0261. The van der Waals surface area contributed by atoms with Crippen molar-refractivity contribution in [2.24, 2.45) is 5.92 Å². The number of rotatable bonds is 6. The van der Waals surface area contributed by atoms with E-state index in [0.29, 0.717) is 11.3 Å². The fourth-order valence-corrected chi connectivity index (χ4v) is 5.25. The number of carbonyl (C=O) groups is 1. The van der Waals surface area contributed by atoms with Gasteiger partial charge in [0, 0.05) is 10.8 Å². The second-order valence-electron chi connectivity index (χ2n) is 6.26. The number of halogens is 1. The first-order valence-electron chi connectivity index (χ1n) is 8.21. The highest BCUT2D eigenvalue weighted by Crippen LogP contribution is 2.38. The second-order valence-corrected chi connectivity index (χ2v) is 8.83. The third-order valence-electron chi connectivity index (χ3n) is 4.44. The van der Waals surface area contributed by atoms with Gasteiger partial charge in [-0.2, -0.15) is 0 Å². The van der Waals surface area contributed by atoms with Crippen molar-refractivity contribution < 1.29 is 9.00 Å². The van der Waals surface area contributed by atoms with Crippen molar-refractivity contribution in [2.45, 2.75) is 67.9 Å². The molecule has 0 heterocycles. The summed E-state index contributed by atoms with van der Waals surface area (Å²) in [4.78, 5) is 13.6. The van der Waals surface area contributed by atoms with Crippen LogP contribution in [0.25, 0.3) is 0 Å². The first-order valence-corrected chi connectivity index (χ1v) is 9.73. The molecular weight excluding hydrogens is 316 g/mol. The predicted octanol–water partition coefficient (Wildman–Crippen LogP) is 4.99. The molecule has 1 saturated carbocycles. The van der Waals surface area contributed by atoms with Crippen molar-refractivity contribution in [3.05, 3.63) is 29.8 Å². The molecule has 1 aromatic carbocycles. The van der Waals surface area contributed by atoms with Gasteiger partial charge in [0.05, 0.1) is 10.8 Å². The minimum Gasteiger partial charge on any atom is -0.296 e. The van der Waals surface area contributed by atoms with Gasteiger partial charge < -0.3 is 0 Å². The Balaban J connectivity index is 2.27. The fraction of sp³-hybridized carbons (Fsp3) is 0.611. The molecule has 0 amide bonds. The average molecular weight is 341 g/mol. The number of hydrogen-bond donors (Lipinski definition) is 0. The Labute approximate surface area is 141 Å². The van der Waals surface area contributed by atoms with E-state index in [9.17, 15) is 9.00 Å². The molecule has 0 bridgehead atoms. The largest absolute Gasteiger partial charge is 0.296 e. The Morgan fingerprint density at radius 3 is 2.36 bits per heavy atom. The van der Waals surface area contributed by atoms with Crippen LogP contribution in [0.4, 0.5) is 0 Å². The van der Waals surface area contributed by atoms with Crippen LogP contribution in [0.3, 0.4) is 0 Å². The van der Waals surface area contributed by atoms with Gasteiger partial charge in [-0.3, -0.25) is 9.00 Å². The lowest BCUT2D eigenvalue weighted by atomic mass is 9.84. The summed E-state index contributed by atoms with van der Waals surface area (Å²) in [7, 11) is -1.51. The van der Waals surface area contributed by atoms with E-state index < -0.39 is 15.0 Å². The lowest BCUT2D eigenvalue weighted by Gasteiger charge is -2.30. The van der Waals surface area contributed by atoms with Crippen molar-refractivity contribution >= 4 is 28.2 Å². The van der Waals surface area contributed by atoms with Gasteiger partial charge in [0.1, 0.15) is 0 Å². The molecule has 1 fully saturated rings. The van der Waals surface area contributed by atoms with Crippen LogP contribution in [0.15, 0.2) is 29.2 Å². The topological polar surface area (TPSA) is 34.1 Å². The molecule has 2 rings (SSSR count). The van der Waals surface area contributed by atoms with Crippen molar-refractivity contribution in [1.29, 1.82) is 0 Å². The molecule has 4 heteroatoms. The maximum Gasteiger partial charge on any atom is 0.182 e. The number of ketones is 1. The van der Waals surface area contributed by atoms with E-state index in [2.05, 4.69) is 0 Å². The molecule has 0 aromatic heterocycles. The van der Waals surface area contributed by atoms with Crippen LogP contribution in [-0.2, 0) is 15.6 Å². The second kappa shape index (κ2) is 7.74. The van der Waals surface area contributed by atoms with E-state index in [0.717, 1.165) is 37.7 Å². The highest BCUT2D eigenvalue weighted by molar-refractivity contribution is 7.89. The van der Waals surface area contributed by atoms with Crippen molar-refractivity contribution in [3.8, 4) is 0 Å². The van der Waals surface area contributed by atoms with Crippen LogP contribution < -0.4 is 0 Å². The van der Waals surface area contributed by atoms with E-state index in [1.54, 1.807) is 0 Å². The van der Waals surface area contributed by atoms with Crippen LogP contribution in [0.1, 0.15) is 57.4 Å². The molecule has 2 atom stereocenters. The lowest BCUT2D eigenvalue weighted by molar-refractivity contribution is -0.124. The van der Waals surface area contributed by atoms with E-state index in [1.807, 2.05) is 38.1 Å². The Bertz CT molecular complexity index is 535. The highest BCUT2D eigenvalue weighted by Gasteiger charge is 2.45. The minimum absolute atomic E-state index is 0.00498. The monoisotopic (exact) mass is 340 g/mol. The van der Waals surface area contributed by atoms with Gasteiger partial charge >= 0.3 is 0 Å². The van der Waals surface area contributed by atoms with E-state index in [4.69, 9.17) is 11.6 Å². The van der Waals surface area contributed by atoms with E-state index >= 15 is 0 Å². The molecule has 1 aliphatic rings. The Hall–Kier alpha value is -0.670. The van der Waals surface area contributed by atoms with Crippen molar-refractivity contribution in [2.75, 3.05) is 0 Å². The Morgan fingerprint density at radius 1 is 1.23 bits per heavy atom. The zero-order chi connectivity index (χ0) is 16.2. The fourth-order valence-electron chi connectivity index (χ4n) is 3.15. The van der Waals surface area contributed by atoms with E-state index in [1.165, 1.54) is 6.42 Å². The smallest absolute Gasteiger partial charge is 0.182 e. The normalized spacial score (nSPS) is 20.3. The highest BCUT2D eigenvalue weighted by atomic mass is 35.5. The summed E-state index contributed by atoms with van der Waals surface area (Å²) >= 11 is 6.70. The summed E-state index contributed by atoms with van der Waals surface area (Å²) in [6, 6.07) is 7.49. The maximum atomic E-state index is 13.0. The van der Waals surface area contributed by atoms with Gasteiger partial charge in [-0.05, 0) is 38.3 Å². The molecule has 0 radical (unpaired) electrons. The van der Waals surface area contributed by atoms with Crippen LogP contribution >= 0.6 is 11.6 Å². The molecule has 2 nitrogen and oxygen atoms in total. The van der Waals surface area contributed by atoms with Gasteiger partial charge in [-0.1, -0.05) is 61.9 Å². The molecular formula is C18H25ClO2S. The number of aryl methyl sites for hydroxylation is 1. The zero-order valence-electron chi connectivity index (χ0n) is 13.4. The third kappa shape index (κ3) is 3.80. The average Bonchev–Trinajstić information content (AvgIpc) is 2.55. The minimum atomic E-state index is -1.51. The summed E-state index contributed by atoms with van der Waals surface area (Å²) in [6.07, 6.45) is 6.33. The van der Waals surface area contributed by atoms with Gasteiger partial charge in [-0.15, -0.1) is 0 Å². The number of hydrogen-bond acceptors (Lipinski definition) is 2. The summed E-state index contributed by atoms with van der Waals surface area (Å²) < 4.78 is 11.7. The first kappa shape index (κ1) is 17.7. The molecule has 1 aromatic rings. The SMILES string of the molecule is CCCC(Cl)(C(=O)C1CCCCC1)S(=O)c1ccc(C)cc1. The summed E-state index contributed by atoms with van der Waals surface area (Å²) in [5, 5.41) is 0. The lowest BCUT2D eigenvalue weighted by Crippen LogP contribution is -2.42. The molecule has 1 aliphatic carbocycles. The molecule has 0 saturated heterocycles. The maximum absolute atomic E-state index is 13.0. The Kier molecular flexibility index (Phi) is 6.22. The predicted molar refractivity (Wildman–Crippen MR) is 92.7 cm³/mol. The number of Topliss-reactive ketones (excluding diaryl/α,β-unsaturated/α-hetero) is 1. The molecule has 0 spiro atoms. The summed E-state index contributed by atoms with van der Waals surface area (Å²) in [5.41, 5.74) is 1.11. The standard InChI is InChI=1S/C18H25ClO2S/c1-3-13-18(19,17(20)15-7-5-4-6-8-15)22(21)16-11-9-14(2)10-12-16/h9-12,15H,3-8,13H2,1-2H3. The van der Waals surface area contributed by atoms with Crippen molar-refractivity contribution in [1.82, 2.24) is 0 Å². The van der Waals surface area contributed by atoms with Gasteiger partial charge in [-0.25, -0.2) is 0 Å². The number of benzene rings is 1. The van der Waals surface area contributed by atoms with Gasteiger partial charge in [0.15, 0.2) is 9.99 Å². The van der Waals surface area contributed by atoms with E-state index in [-0.39, 0.29) is 11.7 Å². The Morgan fingerprint density at radius 2 is 1.82 bits per heavy atom. The van der Waals surface area contributed by atoms with Crippen LogP contribution in [0.2, 0.25) is 0 Å². The van der Waals surface area contributed by atoms with Gasteiger partial charge in [0.2, 0.25) is 0 Å². The van der Waals surface area contributed by atoms with Crippen LogP contribution in [0, 0.1) is 12.8 Å². The van der Waals surface area contributed by atoms with Crippen LogP contribution in [-0.4, -0.2) is 14.2 Å². The molecule has 0 N–H and O–H groups in total. The number of alkyl halides is 1. The first-order chi connectivity index (χ1) is 10.5.